The Hall–Kier alpha value is -2.16. The van der Waals surface area contributed by atoms with Gasteiger partial charge in [0, 0.05) is 0 Å². The Labute approximate surface area is 132 Å². The summed E-state index contributed by atoms with van der Waals surface area (Å²) in [6.45, 7) is 4.36. The van der Waals surface area contributed by atoms with Crippen LogP contribution in [0.1, 0.15) is 50.3 Å². The number of unbranched alkanes of at least 4 members (excludes halogenated alkanes) is 1. The highest BCUT2D eigenvalue weighted by atomic mass is 16.5. The number of hydrogen-bond acceptors (Lipinski definition) is 3. The third kappa shape index (κ3) is 4.17. The summed E-state index contributed by atoms with van der Waals surface area (Å²) < 4.78 is 5.92. The van der Waals surface area contributed by atoms with Gasteiger partial charge in [-0.15, -0.1) is 0 Å². The van der Waals surface area contributed by atoms with E-state index in [1.54, 1.807) is 30.3 Å². The molecule has 0 saturated carbocycles. The van der Waals surface area contributed by atoms with Crippen molar-refractivity contribution in [3.63, 3.8) is 0 Å². The van der Waals surface area contributed by atoms with Gasteiger partial charge in [-0.05, 0) is 54.3 Å². The summed E-state index contributed by atoms with van der Waals surface area (Å²) in [5.74, 6) is 1.37. The first-order valence-corrected chi connectivity index (χ1v) is 7.91. The lowest BCUT2D eigenvalue weighted by Gasteiger charge is -2.26. The number of aromatic hydroxyl groups is 2. The number of hydrogen-bond donors (Lipinski definition) is 2. The van der Waals surface area contributed by atoms with Crippen LogP contribution in [0, 0.1) is 0 Å². The van der Waals surface area contributed by atoms with Crippen LogP contribution in [0.3, 0.4) is 0 Å². The zero-order chi connectivity index (χ0) is 15.9. The average Bonchev–Trinajstić information content (AvgIpc) is 2.55. The fraction of sp³-hybridized carbons (Fsp3) is 0.368. The SMILES string of the molecule is CCCC.Oc1ccc([C@H]2CCc3cc(O)ccc3O2)cc1. The molecule has 0 amide bonds. The molecule has 3 nitrogen and oxygen atoms in total. The van der Waals surface area contributed by atoms with Crippen molar-refractivity contribution < 1.29 is 14.9 Å². The van der Waals surface area contributed by atoms with Gasteiger partial charge in [0.25, 0.3) is 0 Å². The van der Waals surface area contributed by atoms with E-state index in [4.69, 9.17) is 4.74 Å². The van der Waals surface area contributed by atoms with Gasteiger partial charge in [-0.3, -0.25) is 0 Å². The van der Waals surface area contributed by atoms with Crippen molar-refractivity contribution in [3.8, 4) is 17.2 Å². The molecule has 1 aliphatic heterocycles. The zero-order valence-corrected chi connectivity index (χ0v) is 13.2. The molecule has 2 aromatic rings. The van der Waals surface area contributed by atoms with Crippen LogP contribution >= 0.6 is 0 Å². The lowest BCUT2D eigenvalue weighted by atomic mass is 9.97. The van der Waals surface area contributed by atoms with Gasteiger partial charge in [0.15, 0.2) is 0 Å². The fourth-order valence-electron chi connectivity index (χ4n) is 2.30. The van der Waals surface area contributed by atoms with Crippen LogP contribution in [0.5, 0.6) is 17.2 Å². The van der Waals surface area contributed by atoms with Crippen LogP contribution in [0.15, 0.2) is 42.5 Å². The molecule has 1 aliphatic rings. The molecule has 0 aliphatic carbocycles. The van der Waals surface area contributed by atoms with Gasteiger partial charge in [-0.1, -0.05) is 38.8 Å². The fourth-order valence-corrected chi connectivity index (χ4v) is 2.30. The van der Waals surface area contributed by atoms with Crippen LogP contribution in [-0.2, 0) is 6.42 Å². The summed E-state index contributed by atoms with van der Waals surface area (Å²) >= 11 is 0. The molecule has 3 rings (SSSR count). The molecular formula is C19H24O3. The first-order valence-electron chi connectivity index (χ1n) is 7.91. The number of benzene rings is 2. The molecule has 1 atom stereocenters. The number of phenolic OH excluding ortho intramolecular Hbond substituents is 2. The van der Waals surface area contributed by atoms with Crippen LogP contribution in [-0.4, -0.2) is 10.2 Å². The van der Waals surface area contributed by atoms with Crippen molar-refractivity contribution >= 4 is 0 Å². The van der Waals surface area contributed by atoms with Crippen molar-refractivity contribution in [1.29, 1.82) is 0 Å². The maximum absolute atomic E-state index is 9.42. The highest BCUT2D eigenvalue weighted by Gasteiger charge is 2.21. The first kappa shape index (κ1) is 16.2. The summed E-state index contributed by atoms with van der Waals surface area (Å²) in [5, 5.41) is 18.7. The van der Waals surface area contributed by atoms with E-state index < -0.39 is 0 Å². The summed E-state index contributed by atoms with van der Waals surface area (Å²) in [7, 11) is 0. The Bertz CT molecular complexity index is 588. The Morgan fingerprint density at radius 2 is 1.59 bits per heavy atom. The summed E-state index contributed by atoms with van der Waals surface area (Å²) in [4.78, 5) is 0. The molecular weight excluding hydrogens is 276 g/mol. The molecule has 2 N–H and O–H groups in total. The molecule has 2 aromatic carbocycles. The lowest BCUT2D eigenvalue weighted by molar-refractivity contribution is 0.176. The highest BCUT2D eigenvalue weighted by molar-refractivity contribution is 5.42. The maximum atomic E-state index is 9.42. The summed E-state index contributed by atoms with van der Waals surface area (Å²) in [6, 6.07) is 12.3. The Balaban J connectivity index is 0.000000396. The van der Waals surface area contributed by atoms with E-state index in [0.29, 0.717) is 0 Å². The van der Waals surface area contributed by atoms with Crippen molar-refractivity contribution in [2.75, 3.05) is 0 Å². The number of rotatable bonds is 2. The van der Waals surface area contributed by atoms with Crippen LogP contribution in [0.25, 0.3) is 0 Å². The van der Waals surface area contributed by atoms with Gasteiger partial charge in [0.05, 0.1) is 0 Å². The van der Waals surface area contributed by atoms with Crippen LogP contribution < -0.4 is 4.74 Å². The number of phenols is 2. The molecule has 0 unspecified atom stereocenters. The molecule has 0 aromatic heterocycles. The second-order valence-corrected chi connectivity index (χ2v) is 5.53. The third-order valence-electron chi connectivity index (χ3n) is 3.75. The van der Waals surface area contributed by atoms with E-state index >= 15 is 0 Å². The smallest absolute Gasteiger partial charge is 0.124 e. The zero-order valence-electron chi connectivity index (χ0n) is 13.2. The minimum absolute atomic E-state index is 0.0163. The maximum Gasteiger partial charge on any atom is 0.124 e. The monoisotopic (exact) mass is 300 g/mol. The van der Waals surface area contributed by atoms with Crippen molar-refractivity contribution in [3.05, 3.63) is 53.6 Å². The standard InChI is InChI=1S/C15H14O3.C4H10/c16-12-4-1-10(2-5-12)14-7-3-11-9-13(17)6-8-15(11)18-14;1-3-4-2/h1-2,4-6,8-9,14,16-17H,3,7H2;3-4H2,1-2H3/t14-;/m1./s1. The Kier molecular flexibility index (Phi) is 5.70. The Morgan fingerprint density at radius 1 is 0.955 bits per heavy atom. The van der Waals surface area contributed by atoms with Crippen molar-refractivity contribution in [1.82, 2.24) is 0 Å². The van der Waals surface area contributed by atoms with E-state index in [1.165, 1.54) is 12.8 Å². The summed E-state index contributed by atoms with van der Waals surface area (Å²) in [5.41, 5.74) is 2.11. The Morgan fingerprint density at radius 3 is 2.23 bits per heavy atom. The largest absolute Gasteiger partial charge is 0.508 e. The third-order valence-corrected chi connectivity index (χ3v) is 3.75. The second-order valence-electron chi connectivity index (χ2n) is 5.53. The molecule has 1 heterocycles. The van der Waals surface area contributed by atoms with E-state index in [1.807, 2.05) is 12.1 Å². The molecule has 0 saturated heterocycles. The number of aryl methyl sites for hydroxylation is 1. The minimum atomic E-state index is 0.0163. The van der Waals surface area contributed by atoms with E-state index in [2.05, 4.69) is 13.8 Å². The molecule has 0 radical (unpaired) electrons. The summed E-state index contributed by atoms with van der Waals surface area (Å²) in [6.07, 6.45) is 4.42. The molecule has 3 heteroatoms. The van der Waals surface area contributed by atoms with Crippen molar-refractivity contribution in [2.45, 2.75) is 45.6 Å². The molecule has 0 bridgehead atoms. The van der Waals surface area contributed by atoms with Crippen molar-refractivity contribution in [2.24, 2.45) is 0 Å². The van der Waals surface area contributed by atoms with Crippen LogP contribution in [0.4, 0.5) is 0 Å². The van der Waals surface area contributed by atoms with Crippen LogP contribution in [0.2, 0.25) is 0 Å². The first-order chi connectivity index (χ1) is 10.6. The van der Waals surface area contributed by atoms with E-state index in [0.717, 1.165) is 29.7 Å². The lowest BCUT2D eigenvalue weighted by Crippen LogP contribution is -2.14. The molecule has 0 spiro atoms. The van der Waals surface area contributed by atoms with E-state index in [-0.39, 0.29) is 17.6 Å². The molecule has 0 fully saturated rings. The van der Waals surface area contributed by atoms with Gasteiger partial charge in [-0.25, -0.2) is 0 Å². The topological polar surface area (TPSA) is 49.7 Å². The van der Waals surface area contributed by atoms with E-state index in [9.17, 15) is 10.2 Å². The second kappa shape index (κ2) is 7.74. The highest BCUT2D eigenvalue weighted by Crippen LogP contribution is 2.36. The van der Waals surface area contributed by atoms with Gasteiger partial charge >= 0.3 is 0 Å². The van der Waals surface area contributed by atoms with Gasteiger partial charge in [-0.2, -0.15) is 0 Å². The predicted molar refractivity (Wildman–Crippen MR) is 88.5 cm³/mol. The van der Waals surface area contributed by atoms with Gasteiger partial charge in [0.1, 0.15) is 23.4 Å². The molecule has 118 valence electrons. The van der Waals surface area contributed by atoms with Gasteiger partial charge < -0.3 is 14.9 Å². The van der Waals surface area contributed by atoms with Gasteiger partial charge in [0.2, 0.25) is 0 Å². The number of fused-ring (bicyclic) bond motifs is 1. The predicted octanol–water partition coefficient (Wildman–Crippen LogP) is 4.97. The normalized spacial score (nSPS) is 16.0. The molecule has 22 heavy (non-hydrogen) atoms. The minimum Gasteiger partial charge on any atom is -0.508 e. The quantitative estimate of drug-likeness (QED) is 0.823. The average molecular weight is 300 g/mol. The number of ether oxygens (including phenoxy) is 1.